The van der Waals surface area contributed by atoms with Gasteiger partial charge in [0.1, 0.15) is 0 Å². The van der Waals surface area contributed by atoms with Gasteiger partial charge < -0.3 is 4.90 Å². The zero-order valence-corrected chi connectivity index (χ0v) is 17.5. The Labute approximate surface area is 177 Å². The molecule has 1 aliphatic carbocycles. The fourth-order valence-electron chi connectivity index (χ4n) is 5.26. The second-order valence-corrected chi connectivity index (χ2v) is 8.74. The molecule has 3 aromatic rings. The van der Waals surface area contributed by atoms with Gasteiger partial charge in [0, 0.05) is 29.6 Å². The van der Waals surface area contributed by atoms with Gasteiger partial charge in [0.25, 0.3) is 0 Å². The Morgan fingerprint density at radius 3 is 2.66 bits per heavy atom. The summed E-state index contributed by atoms with van der Waals surface area (Å²) in [7, 11) is 0. The standard InChI is InChI=1S/C23H27N5S/c29-23-27(17-26-15-7-10-18-8-4-5-13-21(18)26)25-22(19-9-6-14-24-16-19)28(23)20-11-2-1-3-12-20/h1-3,6,9,11-12,14,16,18,21H,4-5,7-8,10,13,15,17H2/p+1/t18-,21-/m0/s1. The maximum absolute atomic E-state index is 5.94. The molecule has 1 aliphatic heterocycles. The number of hydrogen-bond acceptors (Lipinski definition) is 3. The highest BCUT2D eigenvalue weighted by molar-refractivity contribution is 7.71. The van der Waals surface area contributed by atoms with Crippen LogP contribution in [0.1, 0.15) is 38.5 Å². The molecule has 1 saturated heterocycles. The number of para-hydroxylation sites is 1. The number of piperidine rings is 1. The van der Waals surface area contributed by atoms with Crippen LogP contribution in [0.4, 0.5) is 0 Å². The van der Waals surface area contributed by atoms with E-state index in [2.05, 4.69) is 32.4 Å². The largest absolute Gasteiger partial charge is 0.314 e. The molecule has 150 valence electrons. The third-order valence-corrected chi connectivity index (χ3v) is 7.03. The minimum Gasteiger partial charge on any atom is -0.314 e. The van der Waals surface area contributed by atoms with Crippen LogP contribution in [0.2, 0.25) is 0 Å². The predicted octanol–water partition coefficient (Wildman–Crippen LogP) is 3.66. The number of fused-ring (bicyclic) bond motifs is 1. The van der Waals surface area contributed by atoms with E-state index in [1.165, 1.54) is 45.1 Å². The summed E-state index contributed by atoms with van der Waals surface area (Å²) in [4.78, 5) is 5.96. The molecule has 3 heterocycles. The average Bonchev–Trinajstić information content (AvgIpc) is 3.11. The van der Waals surface area contributed by atoms with Crippen molar-refractivity contribution in [3.05, 3.63) is 59.6 Å². The molecule has 1 aromatic carbocycles. The van der Waals surface area contributed by atoms with Crippen LogP contribution in [-0.4, -0.2) is 31.9 Å². The first-order valence-electron chi connectivity index (χ1n) is 10.8. The minimum absolute atomic E-state index is 0.764. The first kappa shape index (κ1) is 18.7. The van der Waals surface area contributed by atoms with Crippen LogP contribution in [0, 0.1) is 10.7 Å². The van der Waals surface area contributed by atoms with E-state index < -0.39 is 0 Å². The van der Waals surface area contributed by atoms with E-state index in [1.54, 1.807) is 11.1 Å². The molecule has 1 unspecified atom stereocenters. The van der Waals surface area contributed by atoms with Gasteiger partial charge >= 0.3 is 0 Å². The fraction of sp³-hybridized carbons (Fsp3) is 0.435. The van der Waals surface area contributed by atoms with Crippen LogP contribution in [0.25, 0.3) is 17.1 Å². The zero-order valence-electron chi connectivity index (χ0n) is 16.7. The molecule has 5 rings (SSSR count). The van der Waals surface area contributed by atoms with E-state index in [1.807, 2.05) is 30.5 Å². The van der Waals surface area contributed by atoms with Crippen LogP contribution < -0.4 is 4.90 Å². The Morgan fingerprint density at radius 2 is 1.83 bits per heavy atom. The van der Waals surface area contributed by atoms with E-state index in [0.717, 1.165) is 40.5 Å². The Balaban J connectivity index is 1.54. The zero-order chi connectivity index (χ0) is 19.6. The molecule has 0 bridgehead atoms. The van der Waals surface area contributed by atoms with Gasteiger partial charge in [0.05, 0.1) is 12.6 Å². The number of hydrogen-bond donors (Lipinski definition) is 1. The molecule has 2 aromatic heterocycles. The summed E-state index contributed by atoms with van der Waals surface area (Å²) >= 11 is 5.94. The lowest BCUT2D eigenvalue weighted by atomic mass is 9.78. The summed E-state index contributed by atoms with van der Waals surface area (Å²) in [6.07, 6.45) is 11.9. The number of benzene rings is 1. The molecule has 1 saturated carbocycles. The number of aromatic nitrogens is 4. The first-order valence-corrected chi connectivity index (χ1v) is 11.2. The van der Waals surface area contributed by atoms with E-state index in [9.17, 15) is 0 Å². The fourth-order valence-corrected chi connectivity index (χ4v) is 5.56. The molecule has 29 heavy (non-hydrogen) atoms. The third-order valence-electron chi connectivity index (χ3n) is 6.63. The van der Waals surface area contributed by atoms with Crippen molar-refractivity contribution in [2.75, 3.05) is 6.54 Å². The van der Waals surface area contributed by atoms with Gasteiger partial charge in [0.15, 0.2) is 12.5 Å². The van der Waals surface area contributed by atoms with Gasteiger partial charge in [-0.3, -0.25) is 9.55 Å². The van der Waals surface area contributed by atoms with Crippen molar-refractivity contribution < 1.29 is 4.90 Å². The highest BCUT2D eigenvalue weighted by Gasteiger charge is 2.37. The third kappa shape index (κ3) is 3.67. The van der Waals surface area contributed by atoms with Crippen molar-refractivity contribution in [3.63, 3.8) is 0 Å². The molecule has 0 radical (unpaired) electrons. The lowest BCUT2D eigenvalue weighted by molar-refractivity contribution is -0.958. The Morgan fingerprint density at radius 1 is 1.00 bits per heavy atom. The van der Waals surface area contributed by atoms with Gasteiger partial charge in [-0.25, -0.2) is 0 Å². The molecule has 0 amide bonds. The average molecular weight is 407 g/mol. The molecule has 6 heteroatoms. The summed E-state index contributed by atoms with van der Waals surface area (Å²) in [5, 5.41) is 5.00. The molecule has 0 spiro atoms. The van der Waals surface area contributed by atoms with Crippen LogP contribution in [-0.2, 0) is 6.67 Å². The van der Waals surface area contributed by atoms with Crippen LogP contribution in [0.15, 0.2) is 54.9 Å². The summed E-state index contributed by atoms with van der Waals surface area (Å²) < 4.78 is 4.91. The van der Waals surface area contributed by atoms with Crippen LogP contribution >= 0.6 is 12.2 Å². The van der Waals surface area contributed by atoms with Crippen molar-refractivity contribution in [2.45, 2.75) is 51.2 Å². The highest BCUT2D eigenvalue weighted by atomic mass is 32.1. The number of rotatable bonds is 4. The lowest BCUT2D eigenvalue weighted by Gasteiger charge is -2.40. The summed E-state index contributed by atoms with van der Waals surface area (Å²) in [5.41, 5.74) is 2.04. The molecule has 1 N–H and O–H groups in total. The van der Waals surface area contributed by atoms with E-state index >= 15 is 0 Å². The molecule has 5 nitrogen and oxygen atoms in total. The molecular formula is C23H28N5S+. The Kier molecular flexibility index (Phi) is 5.29. The topological polar surface area (TPSA) is 40.1 Å². The SMILES string of the molecule is S=c1n(C[NH+]2CCC[C@@H]3CCCC[C@@H]32)nc(-c2cccnc2)n1-c1ccccc1. The number of nitrogens with one attached hydrogen (secondary N) is 1. The number of pyridine rings is 1. The monoisotopic (exact) mass is 406 g/mol. The molecule has 3 atom stereocenters. The van der Waals surface area contributed by atoms with Gasteiger partial charge in [-0.2, -0.15) is 4.68 Å². The normalized spacial score (nSPS) is 24.2. The molecular weight excluding hydrogens is 378 g/mol. The van der Waals surface area contributed by atoms with Crippen molar-refractivity contribution in [1.82, 2.24) is 19.3 Å². The van der Waals surface area contributed by atoms with Crippen molar-refractivity contribution >= 4 is 12.2 Å². The van der Waals surface area contributed by atoms with E-state index in [-0.39, 0.29) is 0 Å². The smallest absolute Gasteiger partial charge is 0.207 e. The minimum atomic E-state index is 0.764. The van der Waals surface area contributed by atoms with Crippen LogP contribution in [0.3, 0.4) is 0 Å². The van der Waals surface area contributed by atoms with E-state index in [4.69, 9.17) is 17.3 Å². The lowest BCUT2D eigenvalue weighted by Crippen LogP contribution is -3.17. The summed E-state index contributed by atoms with van der Waals surface area (Å²) in [6, 6.07) is 15.1. The maximum atomic E-state index is 5.94. The summed E-state index contributed by atoms with van der Waals surface area (Å²) in [6.45, 7) is 2.08. The van der Waals surface area contributed by atoms with Crippen molar-refractivity contribution in [2.24, 2.45) is 5.92 Å². The highest BCUT2D eigenvalue weighted by Crippen LogP contribution is 2.28. The van der Waals surface area contributed by atoms with Crippen molar-refractivity contribution in [1.29, 1.82) is 0 Å². The molecule has 2 fully saturated rings. The Bertz CT molecular complexity index is 1010. The number of quaternary nitrogens is 1. The number of nitrogens with zero attached hydrogens (tertiary/aromatic N) is 4. The maximum Gasteiger partial charge on any atom is 0.207 e. The quantitative estimate of drug-likeness (QED) is 0.672. The van der Waals surface area contributed by atoms with Gasteiger partial charge in [-0.15, -0.1) is 5.10 Å². The van der Waals surface area contributed by atoms with Gasteiger partial charge in [-0.1, -0.05) is 24.6 Å². The second-order valence-electron chi connectivity index (χ2n) is 8.38. The van der Waals surface area contributed by atoms with Crippen LogP contribution in [0.5, 0.6) is 0 Å². The summed E-state index contributed by atoms with van der Waals surface area (Å²) in [5.74, 6) is 1.75. The predicted molar refractivity (Wildman–Crippen MR) is 116 cm³/mol. The Hall–Kier alpha value is -2.31. The number of likely N-dealkylation sites (tertiary alicyclic amines) is 1. The van der Waals surface area contributed by atoms with Crippen molar-refractivity contribution in [3.8, 4) is 17.1 Å². The first-order chi connectivity index (χ1) is 14.3. The second kappa shape index (κ2) is 8.20. The van der Waals surface area contributed by atoms with Gasteiger partial charge in [-0.05, 0) is 68.6 Å². The van der Waals surface area contributed by atoms with Gasteiger partial charge in [0.2, 0.25) is 4.77 Å². The van der Waals surface area contributed by atoms with E-state index in [0.29, 0.717) is 0 Å². The molecule has 2 aliphatic rings.